The SMILES string of the molecule is CCC(C)NC(=O)C1Cc2ccc(OC)cc2N2CCN(CC(=O)N3CCOCC3)CC12. The molecule has 0 radical (unpaired) electrons. The molecule has 3 aliphatic heterocycles. The number of benzene rings is 1. The van der Waals surface area contributed by atoms with Crippen LogP contribution in [0, 0.1) is 5.92 Å². The van der Waals surface area contributed by atoms with Crippen molar-refractivity contribution in [2.75, 3.05) is 64.5 Å². The second-order valence-corrected chi connectivity index (χ2v) is 9.11. The van der Waals surface area contributed by atoms with Gasteiger partial charge >= 0.3 is 0 Å². The van der Waals surface area contributed by atoms with E-state index in [1.54, 1.807) is 7.11 Å². The number of methoxy groups -OCH3 is 1. The lowest BCUT2D eigenvalue weighted by atomic mass is 9.83. The maximum Gasteiger partial charge on any atom is 0.236 e. The highest BCUT2D eigenvalue weighted by molar-refractivity contribution is 5.83. The Morgan fingerprint density at radius 3 is 2.72 bits per heavy atom. The van der Waals surface area contributed by atoms with Gasteiger partial charge in [0, 0.05) is 50.5 Å². The van der Waals surface area contributed by atoms with Crippen LogP contribution in [0.3, 0.4) is 0 Å². The molecule has 176 valence electrons. The van der Waals surface area contributed by atoms with E-state index in [4.69, 9.17) is 9.47 Å². The molecule has 32 heavy (non-hydrogen) atoms. The third-order valence-corrected chi connectivity index (χ3v) is 7.07. The highest BCUT2D eigenvalue weighted by Crippen LogP contribution is 2.38. The van der Waals surface area contributed by atoms with Crippen molar-refractivity contribution in [3.05, 3.63) is 23.8 Å². The molecule has 4 rings (SSSR count). The van der Waals surface area contributed by atoms with E-state index in [0.717, 1.165) is 30.9 Å². The zero-order valence-electron chi connectivity index (χ0n) is 19.5. The summed E-state index contributed by atoms with van der Waals surface area (Å²) in [5.41, 5.74) is 2.34. The first-order chi connectivity index (χ1) is 15.5. The lowest BCUT2D eigenvalue weighted by Gasteiger charge is -2.49. The van der Waals surface area contributed by atoms with Gasteiger partial charge in [0.25, 0.3) is 0 Å². The molecule has 2 fully saturated rings. The number of carbonyl (C=O) groups excluding carboxylic acids is 2. The summed E-state index contributed by atoms with van der Waals surface area (Å²) in [5.74, 6) is 0.943. The Kier molecular flexibility index (Phi) is 7.20. The number of morpholine rings is 1. The number of hydrogen-bond donors (Lipinski definition) is 1. The molecular formula is C24H36N4O4. The van der Waals surface area contributed by atoms with Crippen molar-refractivity contribution >= 4 is 17.5 Å². The average molecular weight is 445 g/mol. The van der Waals surface area contributed by atoms with E-state index in [0.29, 0.717) is 45.8 Å². The quantitative estimate of drug-likeness (QED) is 0.709. The van der Waals surface area contributed by atoms with E-state index in [9.17, 15) is 9.59 Å². The molecule has 0 aromatic heterocycles. The fourth-order valence-electron chi connectivity index (χ4n) is 4.96. The molecule has 1 N–H and O–H groups in total. The maximum atomic E-state index is 13.3. The van der Waals surface area contributed by atoms with Crippen LogP contribution in [0.15, 0.2) is 18.2 Å². The predicted octanol–water partition coefficient (Wildman–Crippen LogP) is 1.13. The fourth-order valence-corrected chi connectivity index (χ4v) is 4.96. The molecule has 3 atom stereocenters. The van der Waals surface area contributed by atoms with Crippen molar-refractivity contribution in [1.82, 2.24) is 15.1 Å². The third-order valence-electron chi connectivity index (χ3n) is 7.07. The fraction of sp³-hybridized carbons (Fsp3) is 0.667. The lowest BCUT2D eigenvalue weighted by molar-refractivity contribution is -0.136. The largest absolute Gasteiger partial charge is 0.497 e. The minimum absolute atomic E-state index is 0.0323. The summed E-state index contributed by atoms with van der Waals surface area (Å²) < 4.78 is 10.8. The summed E-state index contributed by atoms with van der Waals surface area (Å²) in [4.78, 5) is 32.6. The molecule has 2 saturated heterocycles. The van der Waals surface area contributed by atoms with Crippen LogP contribution in [0.4, 0.5) is 5.69 Å². The molecule has 0 saturated carbocycles. The molecule has 1 aromatic carbocycles. The highest BCUT2D eigenvalue weighted by atomic mass is 16.5. The van der Waals surface area contributed by atoms with E-state index in [-0.39, 0.29) is 29.8 Å². The number of anilines is 1. The maximum absolute atomic E-state index is 13.3. The minimum atomic E-state index is -0.147. The number of ether oxygens (including phenoxy) is 2. The lowest BCUT2D eigenvalue weighted by Crippen LogP contribution is -2.62. The number of piperazine rings is 1. The normalized spacial score (nSPS) is 24.3. The highest BCUT2D eigenvalue weighted by Gasteiger charge is 2.42. The van der Waals surface area contributed by atoms with Gasteiger partial charge in [-0.25, -0.2) is 0 Å². The van der Waals surface area contributed by atoms with Crippen molar-refractivity contribution in [3.63, 3.8) is 0 Å². The van der Waals surface area contributed by atoms with Crippen molar-refractivity contribution in [3.8, 4) is 5.75 Å². The van der Waals surface area contributed by atoms with E-state index >= 15 is 0 Å². The predicted molar refractivity (Wildman–Crippen MR) is 123 cm³/mol. The standard InChI is InChI=1S/C24H36N4O4/c1-4-17(2)25-24(30)20-13-18-5-6-19(31-3)14-21(18)28-8-7-26(15-22(20)28)16-23(29)27-9-11-32-12-10-27/h5-6,14,17,20,22H,4,7-13,15-16H2,1-3H3,(H,25,30). The smallest absolute Gasteiger partial charge is 0.236 e. The first-order valence-electron chi connectivity index (χ1n) is 11.8. The van der Waals surface area contributed by atoms with Gasteiger partial charge in [0.05, 0.1) is 38.8 Å². The molecule has 0 spiro atoms. The van der Waals surface area contributed by atoms with Gasteiger partial charge in [-0.15, -0.1) is 0 Å². The van der Waals surface area contributed by atoms with Crippen LogP contribution in [0.1, 0.15) is 25.8 Å². The van der Waals surface area contributed by atoms with Crippen LogP contribution in [0.2, 0.25) is 0 Å². The van der Waals surface area contributed by atoms with Crippen LogP contribution in [-0.2, 0) is 20.7 Å². The van der Waals surface area contributed by atoms with E-state index < -0.39 is 0 Å². The molecule has 3 aliphatic rings. The Bertz CT molecular complexity index is 826. The van der Waals surface area contributed by atoms with Crippen molar-refractivity contribution in [2.24, 2.45) is 5.92 Å². The Balaban J connectivity index is 1.53. The van der Waals surface area contributed by atoms with Crippen LogP contribution < -0.4 is 15.0 Å². The van der Waals surface area contributed by atoms with Crippen LogP contribution in [0.5, 0.6) is 5.75 Å². The minimum Gasteiger partial charge on any atom is -0.497 e. The van der Waals surface area contributed by atoms with E-state index in [2.05, 4.69) is 34.2 Å². The average Bonchev–Trinajstić information content (AvgIpc) is 2.83. The molecule has 0 bridgehead atoms. The molecule has 0 aliphatic carbocycles. The summed E-state index contributed by atoms with van der Waals surface area (Å²) in [6.07, 6.45) is 1.61. The Labute approximate surface area is 190 Å². The van der Waals surface area contributed by atoms with Crippen molar-refractivity contribution < 1.29 is 19.1 Å². The summed E-state index contributed by atoms with van der Waals surface area (Å²) in [7, 11) is 1.68. The Morgan fingerprint density at radius 2 is 2.00 bits per heavy atom. The summed E-state index contributed by atoms with van der Waals surface area (Å²) in [6.45, 7) is 9.35. The van der Waals surface area contributed by atoms with Gasteiger partial charge < -0.3 is 24.6 Å². The monoisotopic (exact) mass is 444 g/mol. The molecular weight excluding hydrogens is 408 g/mol. The van der Waals surface area contributed by atoms with Gasteiger partial charge in [-0.2, -0.15) is 0 Å². The van der Waals surface area contributed by atoms with Crippen LogP contribution in [-0.4, -0.2) is 93.3 Å². The topological polar surface area (TPSA) is 74.4 Å². The third kappa shape index (κ3) is 4.86. The van der Waals surface area contributed by atoms with Gasteiger partial charge in [-0.05, 0) is 31.4 Å². The number of hydrogen-bond acceptors (Lipinski definition) is 6. The van der Waals surface area contributed by atoms with Crippen LogP contribution >= 0.6 is 0 Å². The van der Waals surface area contributed by atoms with Gasteiger partial charge in [-0.1, -0.05) is 13.0 Å². The van der Waals surface area contributed by atoms with Crippen LogP contribution in [0.25, 0.3) is 0 Å². The molecule has 3 heterocycles. The molecule has 8 heteroatoms. The number of nitrogens with one attached hydrogen (secondary N) is 1. The van der Waals surface area contributed by atoms with Gasteiger partial charge in [-0.3, -0.25) is 14.5 Å². The number of amides is 2. The summed E-state index contributed by atoms with van der Waals surface area (Å²) in [5, 5.41) is 3.20. The number of fused-ring (bicyclic) bond motifs is 3. The second kappa shape index (κ2) is 10.1. The molecule has 1 aromatic rings. The van der Waals surface area contributed by atoms with Gasteiger partial charge in [0.1, 0.15) is 5.75 Å². The van der Waals surface area contributed by atoms with Gasteiger partial charge in [0.2, 0.25) is 11.8 Å². The zero-order valence-corrected chi connectivity index (χ0v) is 19.5. The summed E-state index contributed by atoms with van der Waals surface area (Å²) >= 11 is 0. The first-order valence-corrected chi connectivity index (χ1v) is 11.8. The Morgan fingerprint density at radius 1 is 1.22 bits per heavy atom. The number of rotatable bonds is 6. The van der Waals surface area contributed by atoms with Crippen molar-refractivity contribution in [1.29, 1.82) is 0 Å². The molecule has 3 unspecified atom stereocenters. The first kappa shape index (κ1) is 22.9. The number of nitrogens with zero attached hydrogens (tertiary/aromatic N) is 3. The van der Waals surface area contributed by atoms with Gasteiger partial charge in [0.15, 0.2) is 0 Å². The van der Waals surface area contributed by atoms with Crippen molar-refractivity contribution in [2.45, 2.75) is 38.8 Å². The number of carbonyl (C=O) groups is 2. The van der Waals surface area contributed by atoms with E-state index in [1.807, 2.05) is 17.9 Å². The van der Waals surface area contributed by atoms with E-state index in [1.165, 1.54) is 5.56 Å². The summed E-state index contributed by atoms with van der Waals surface area (Å²) in [6, 6.07) is 6.32. The molecule has 2 amide bonds. The molecule has 8 nitrogen and oxygen atoms in total. The zero-order chi connectivity index (χ0) is 22.7. The second-order valence-electron chi connectivity index (χ2n) is 9.11. The Hall–Kier alpha value is -2.32.